The number of nitrogens with zero attached hydrogens (tertiary/aromatic N) is 4. The molecule has 2 aromatic carbocycles. The fraction of sp³-hybridized carbons (Fsp3) is 0.433. The highest BCUT2D eigenvalue weighted by molar-refractivity contribution is 6.02. The standard InChI is InChI=1S/C30H36F3N5O3/c1-20(2)37(21(3)4)18-15-35-13-16-36(17-14-35)29(39)25-19-26(22-9-11-23(12-10-22)30(31,32)33)34-28(25)24-7-5-6-8-27(24)38(40)41/h5-12,19-21,34H,13-18H2,1-4H3. The number of nitro benzene ring substituents is 1. The van der Waals surface area contributed by atoms with Crippen LogP contribution < -0.4 is 0 Å². The van der Waals surface area contributed by atoms with E-state index in [1.165, 1.54) is 18.2 Å². The summed E-state index contributed by atoms with van der Waals surface area (Å²) in [5.41, 5.74) is 0.619. The zero-order valence-corrected chi connectivity index (χ0v) is 23.7. The van der Waals surface area contributed by atoms with E-state index in [0.29, 0.717) is 49.5 Å². The van der Waals surface area contributed by atoms with Gasteiger partial charge in [0.2, 0.25) is 0 Å². The molecule has 220 valence electrons. The normalized spacial score (nSPS) is 14.8. The number of benzene rings is 2. The van der Waals surface area contributed by atoms with Crippen LogP contribution in [0.5, 0.6) is 0 Å². The van der Waals surface area contributed by atoms with Crippen molar-refractivity contribution >= 4 is 11.6 Å². The van der Waals surface area contributed by atoms with Gasteiger partial charge in [0.25, 0.3) is 11.6 Å². The number of carbonyl (C=O) groups excluding carboxylic acids is 1. The number of alkyl halides is 3. The minimum Gasteiger partial charge on any atom is -0.354 e. The summed E-state index contributed by atoms with van der Waals surface area (Å²) < 4.78 is 39.3. The molecule has 0 radical (unpaired) electrons. The van der Waals surface area contributed by atoms with Gasteiger partial charge in [-0.2, -0.15) is 13.2 Å². The highest BCUT2D eigenvalue weighted by Gasteiger charge is 2.31. The average molecular weight is 572 g/mol. The first-order valence-corrected chi connectivity index (χ1v) is 13.8. The Morgan fingerprint density at radius 2 is 1.61 bits per heavy atom. The van der Waals surface area contributed by atoms with E-state index in [9.17, 15) is 28.1 Å². The van der Waals surface area contributed by atoms with Crippen molar-refractivity contribution < 1.29 is 22.9 Å². The summed E-state index contributed by atoms with van der Waals surface area (Å²) in [7, 11) is 0. The molecule has 1 N–H and O–H groups in total. The lowest BCUT2D eigenvalue weighted by molar-refractivity contribution is -0.384. The number of amides is 1. The number of carbonyl (C=O) groups is 1. The third kappa shape index (κ3) is 6.97. The molecule has 1 aromatic heterocycles. The third-order valence-corrected chi connectivity index (χ3v) is 7.60. The molecule has 8 nitrogen and oxygen atoms in total. The Labute approximate surface area is 237 Å². The summed E-state index contributed by atoms with van der Waals surface area (Å²) >= 11 is 0. The lowest BCUT2D eigenvalue weighted by Gasteiger charge is -2.37. The summed E-state index contributed by atoms with van der Waals surface area (Å²) in [6.07, 6.45) is -4.48. The van der Waals surface area contributed by atoms with Gasteiger partial charge in [-0.05, 0) is 57.5 Å². The van der Waals surface area contributed by atoms with Gasteiger partial charge in [0.15, 0.2) is 0 Å². The van der Waals surface area contributed by atoms with Gasteiger partial charge in [-0.15, -0.1) is 0 Å². The van der Waals surface area contributed by atoms with Gasteiger partial charge in [-0.25, -0.2) is 0 Å². The number of para-hydroxylation sites is 1. The van der Waals surface area contributed by atoms with E-state index in [1.54, 1.807) is 29.2 Å². The molecule has 0 atom stereocenters. The fourth-order valence-electron chi connectivity index (χ4n) is 5.39. The predicted octanol–water partition coefficient (Wildman–Crippen LogP) is 6.15. The number of nitrogens with one attached hydrogen (secondary N) is 1. The van der Waals surface area contributed by atoms with Crippen LogP contribution >= 0.6 is 0 Å². The Bertz CT molecular complexity index is 1350. The summed E-state index contributed by atoms with van der Waals surface area (Å²) in [5, 5.41) is 11.8. The number of nitro groups is 1. The zero-order valence-electron chi connectivity index (χ0n) is 23.7. The first-order valence-electron chi connectivity index (χ1n) is 13.8. The van der Waals surface area contributed by atoms with Crippen molar-refractivity contribution in [3.05, 3.63) is 75.8 Å². The van der Waals surface area contributed by atoms with Crippen molar-refractivity contribution in [2.45, 2.75) is 46.0 Å². The second-order valence-electron chi connectivity index (χ2n) is 10.9. The summed E-state index contributed by atoms with van der Waals surface area (Å²) in [5.74, 6) is -0.279. The molecular weight excluding hydrogens is 535 g/mol. The SMILES string of the molecule is CC(C)N(CCN1CCN(C(=O)c2cc(-c3ccc(C(F)(F)F)cc3)[nH]c2-c2ccccc2[N+](=O)[O-])CC1)C(C)C. The number of halogens is 3. The number of aromatic amines is 1. The van der Waals surface area contributed by atoms with Crippen LogP contribution in [0.4, 0.5) is 18.9 Å². The Morgan fingerprint density at radius 1 is 1.00 bits per heavy atom. The van der Waals surface area contributed by atoms with Gasteiger partial charge in [0, 0.05) is 63.1 Å². The van der Waals surface area contributed by atoms with Crippen LogP contribution in [-0.2, 0) is 6.18 Å². The van der Waals surface area contributed by atoms with E-state index < -0.39 is 16.7 Å². The molecule has 4 rings (SSSR count). The summed E-state index contributed by atoms with van der Waals surface area (Å²) in [6, 6.07) is 13.1. The second kappa shape index (κ2) is 12.4. The highest BCUT2D eigenvalue weighted by atomic mass is 19.4. The number of hydrogen-bond donors (Lipinski definition) is 1. The van der Waals surface area contributed by atoms with Crippen molar-refractivity contribution in [3.63, 3.8) is 0 Å². The molecule has 1 saturated heterocycles. The van der Waals surface area contributed by atoms with Crippen molar-refractivity contribution in [2.24, 2.45) is 0 Å². The topological polar surface area (TPSA) is 85.7 Å². The van der Waals surface area contributed by atoms with Crippen LogP contribution in [0.15, 0.2) is 54.6 Å². The quantitative estimate of drug-likeness (QED) is 0.246. The van der Waals surface area contributed by atoms with Crippen LogP contribution in [0, 0.1) is 10.1 Å². The molecule has 3 aromatic rings. The van der Waals surface area contributed by atoms with Crippen molar-refractivity contribution in [1.82, 2.24) is 19.7 Å². The maximum absolute atomic E-state index is 13.8. The molecule has 2 heterocycles. The van der Waals surface area contributed by atoms with E-state index in [1.807, 2.05) is 0 Å². The van der Waals surface area contributed by atoms with Gasteiger partial charge < -0.3 is 9.88 Å². The molecule has 11 heteroatoms. The summed E-state index contributed by atoms with van der Waals surface area (Å²) in [4.78, 5) is 34.7. The van der Waals surface area contributed by atoms with Crippen LogP contribution in [0.25, 0.3) is 22.5 Å². The van der Waals surface area contributed by atoms with Crippen molar-refractivity contribution in [3.8, 4) is 22.5 Å². The van der Waals surface area contributed by atoms with Crippen LogP contribution in [0.3, 0.4) is 0 Å². The van der Waals surface area contributed by atoms with E-state index >= 15 is 0 Å². The van der Waals surface area contributed by atoms with Crippen molar-refractivity contribution in [2.75, 3.05) is 39.3 Å². The number of aromatic nitrogens is 1. The van der Waals surface area contributed by atoms with Crippen LogP contribution in [0.1, 0.15) is 43.6 Å². The smallest absolute Gasteiger partial charge is 0.354 e. The number of hydrogen-bond acceptors (Lipinski definition) is 5. The maximum Gasteiger partial charge on any atom is 0.416 e. The Kier molecular flexibility index (Phi) is 9.18. The lowest BCUT2D eigenvalue weighted by Crippen LogP contribution is -2.51. The molecule has 41 heavy (non-hydrogen) atoms. The van der Waals surface area contributed by atoms with Gasteiger partial charge in [-0.3, -0.25) is 24.7 Å². The van der Waals surface area contributed by atoms with E-state index in [2.05, 4.69) is 42.5 Å². The first kappa shape index (κ1) is 30.3. The second-order valence-corrected chi connectivity index (χ2v) is 10.9. The van der Waals surface area contributed by atoms with E-state index in [0.717, 1.165) is 25.2 Å². The number of H-pyrrole nitrogens is 1. The van der Waals surface area contributed by atoms with Gasteiger partial charge in [0.05, 0.1) is 27.3 Å². The molecule has 1 aliphatic rings. The molecule has 1 amide bonds. The largest absolute Gasteiger partial charge is 0.416 e. The monoisotopic (exact) mass is 571 g/mol. The maximum atomic E-state index is 13.8. The Morgan fingerprint density at radius 3 is 2.17 bits per heavy atom. The van der Waals surface area contributed by atoms with E-state index in [4.69, 9.17) is 0 Å². The third-order valence-electron chi connectivity index (χ3n) is 7.60. The van der Waals surface area contributed by atoms with Gasteiger partial charge in [-0.1, -0.05) is 24.3 Å². The predicted molar refractivity (Wildman–Crippen MR) is 153 cm³/mol. The van der Waals surface area contributed by atoms with Crippen LogP contribution in [0.2, 0.25) is 0 Å². The van der Waals surface area contributed by atoms with Gasteiger partial charge >= 0.3 is 6.18 Å². The average Bonchev–Trinajstić information content (AvgIpc) is 3.38. The first-order chi connectivity index (χ1) is 19.4. The molecule has 0 spiro atoms. The minimum atomic E-state index is -4.48. The molecule has 1 fully saturated rings. The molecule has 1 aliphatic heterocycles. The Balaban J connectivity index is 1.60. The minimum absolute atomic E-state index is 0.174. The number of rotatable bonds is 9. The molecule has 0 aliphatic carbocycles. The van der Waals surface area contributed by atoms with Gasteiger partial charge in [0.1, 0.15) is 0 Å². The fourth-order valence-corrected chi connectivity index (χ4v) is 5.39. The molecular formula is C30H36F3N5O3. The van der Waals surface area contributed by atoms with E-state index in [-0.39, 0.29) is 28.4 Å². The lowest BCUT2D eigenvalue weighted by atomic mass is 10.0. The molecule has 0 bridgehead atoms. The van der Waals surface area contributed by atoms with Crippen molar-refractivity contribution in [1.29, 1.82) is 0 Å². The molecule has 0 saturated carbocycles. The Hall–Kier alpha value is -3.70. The zero-order chi connectivity index (χ0) is 29.9. The van der Waals surface area contributed by atoms with Crippen LogP contribution in [-0.4, -0.2) is 81.9 Å². The summed E-state index contributed by atoms with van der Waals surface area (Å²) in [6.45, 7) is 12.9. The highest BCUT2D eigenvalue weighted by Crippen LogP contribution is 2.36. The molecule has 0 unspecified atom stereocenters. The number of piperazine rings is 1.